The number of hydrogen-bond donors (Lipinski definition) is 1. The van der Waals surface area contributed by atoms with E-state index in [0.29, 0.717) is 17.7 Å². The number of aliphatic hydroxyl groups is 1. The molecule has 2 aliphatic rings. The number of hydrogen-bond acceptors (Lipinski definition) is 4. The molecular weight excluding hydrogens is 326 g/mol. The molecule has 0 atom stereocenters. The highest BCUT2D eigenvalue weighted by Gasteiger charge is 2.35. The molecule has 0 aromatic heterocycles. The molecule has 2 aromatic carbocycles. The Morgan fingerprint density at radius 1 is 0.962 bits per heavy atom. The predicted molar refractivity (Wildman–Crippen MR) is 101 cm³/mol. The van der Waals surface area contributed by atoms with Crippen molar-refractivity contribution in [2.75, 3.05) is 11.4 Å². The highest BCUT2D eigenvalue weighted by Crippen LogP contribution is 2.32. The van der Waals surface area contributed by atoms with Gasteiger partial charge >= 0.3 is 0 Å². The quantitative estimate of drug-likeness (QED) is 0.501. The van der Waals surface area contributed by atoms with Crippen LogP contribution in [-0.2, 0) is 0 Å². The number of carbonyl (C=O) groups is 2. The van der Waals surface area contributed by atoms with Crippen LogP contribution < -0.4 is 4.90 Å². The van der Waals surface area contributed by atoms with Crippen LogP contribution >= 0.6 is 0 Å². The molecule has 2 aromatic rings. The molecule has 0 bridgehead atoms. The standard InChI is InChI=1S/C22H17NO3/c1-2-23-15(12-11-14-7-3-6-10-18(14)23)13-19(24)20-21(25)16-8-4-5-9-17(16)22(20)26/h3-13,24H,2H2,1H3/b15-13+. The lowest BCUT2D eigenvalue weighted by Crippen LogP contribution is -2.24. The van der Waals surface area contributed by atoms with Gasteiger partial charge in [-0.2, -0.15) is 0 Å². The van der Waals surface area contributed by atoms with Crippen molar-refractivity contribution in [3.05, 3.63) is 94.4 Å². The fourth-order valence-electron chi connectivity index (χ4n) is 3.45. The SMILES string of the molecule is CCN1/C(=C/C(O)=C2C(=O)c3ccccc3C2=O)C=Cc2ccccc21. The van der Waals surface area contributed by atoms with Crippen molar-refractivity contribution in [3.8, 4) is 0 Å². The third kappa shape index (κ3) is 2.39. The van der Waals surface area contributed by atoms with E-state index < -0.39 is 11.6 Å². The molecule has 1 aliphatic heterocycles. The van der Waals surface area contributed by atoms with Gasteiger partial charge < -0.3 is 10.0 Å². The summed E-state index contributed by atoms with van der Waals surface area (Å²) in [5, 5.41) is 10.6. The molecule has 0 fully saturated rings. The predicted octanol–water partition coefficient (Wildman–Crippen LogP) is 4.31. The van der Waals surface area contributed by atoms with Crippen molar-refractivity contribution < 1.29 is 14.7 Å². The number of ketones is 2. The van der Waals surface area contributed by atoms with Crippen LogP contribution in [0.15, 0.2) is 77.7 Å². The minimum Gasteiger partial charge on any atom is -0.507 e. The molecule has 4 nitrogen and oxygen atoms in total. The molecule has 26 heavy (non-hydrogen) atoms. The van der Waals surface area contributed by atoms with Gasteiger partial charge in [-0.3, -0.25) is 9.59 Å². The number of fused-ring (bicyclic) bond motifs is 2. The molecule has 0 spiro atoms. The second-order valence-electron chi connectivity index (χ2n) is 6.17. The Morgan fingerprint density at radius 2 is 1.58 bits per heavy atom. The summed E-state index contributed by atoms with van der Waals surface area (Å²) in [6, 6.07) is 14.6. The number of benzene rings is 2. The van der Waals surface area contributed by atoms with Gasteiger partial charge in [0, 0.05) is 35.1 Å². The number of allylic oxidation sites excluding steroid dienone is 3. The van der Waals surface area contributed by atoms with E-state index in [4.69, 9.17) is 0 Å². The van der Waals surface area contributed by atoms with E-state index in [1.54, 1.807) is 24.3 Å². The second-order valence-corrected chi connectivity index (χ2v) is 6.17. The van der Waals surface area contributed by atoms with Gasteiger partial charge in [-0.15, -0.1) is 0 Å². The van der Waals surface area contributed by atoms with Gasteiger partial charge in [0.1, 0.15) is 11.3 Å². The lowest BCUT2D eigenvalue weighted by molar-refractivity contribution is 0.0982. The smallest absolute Gasteiger partial charge is 0.201 e. The minimum atomic E-state index is -0.428. The first kappa shape index (κ1) is 16.1. The van der Waals surface area contributed by atoms with Crippen LogP contribution in [0.3, 0.4) is 0 Å². The van der Waals surface area contributed by atoms with E-state index in [0.717, 1.165) is 16.9 Å². The first-order chi connectivity index (χ1) is 12.6. The summed E-state index contributed by atoms with van der Waals surface area (Å²) >= 11 is 0. The fraction of sp³-hybridized carbons (Fsp3) is 0.0909. The number of Topliss-reactive ketones (excluding diaryl/α,β-unsaturated/α-hetero) is 2. The Morgan fingerprint density at radius 3 is 2.23 bits per heavy atom. The van der Waals surface area contributed by atoms with Gasteiger partial charge in [-0.25, -0.2) is 0 Å². The molecule has 0 radical (unpaired) electrons. The summed E-state index contributed by atoms with van der Waals surface area (Å²) in [7, 11) is 0. The first-order valence-corrected chi connectivity index (χ1v) is 8.50. The number of anilines is 1. The summed E-state index contributed by atoms with van der Waals surface area (Å²) in [5.41, 5.74) is 3.35. The topological polar surface area (TPSA) is 57.6 Å². The number of likely N-dealkylation sites (N-methyl/N-ethyl adjacent to an activating group) is 1. The summed E-state index contributed by atoms with van der Waals surface area (Å²) in [6.45, 7) is 2.70. The Hall–Kier alpha value is -3.40. The maximum atomic E-state index is 12.5. The first-order valence-electron chi connectivity index (χ1n) is 8.50. The van der Waals surface area contributed by atoms with E-state index in [1.807, 2.05) is 48.2 Å². The van der Waals surface area contributed by atoms with Crippen LogP contribution in [0.5, 0.6) is 0 Å². The normalized spacial score (nSPS) is 16.9. The van der Waals surface area contributed by atoms with Crippen molar-refractivity contribution in [2.24, 2.45) is 0 Å². The van der Waals surface area contributed by atoms with Crippen molar-refractivity contribution in [1.29, 1.82) is 0 Å². The van der Waals surface area contributed by atoms with Crippen LogP contribution in [0.2, 0.25) is 0 Å². The van der Waals surface area contributed by atoms with E-state index in [1.165, 1.54) is 6.08 Å². The van der Waals surface area contributed by atoms with Crippen LogP contribution in [0.1, 0.15) is 33.2 Å². The van der Waals surface area contributed by atoms with Gasteiger partial charge in [-0.1, -0.05) is 48.5 Å². The largest absolute Gasteiger partial charge is 0.507 e. The Labute approximate surface area is 151 Å². The molecule has 0 saturated heterocycles. The minimum absolute atomic E-state index is 0.165. The molecule has 0 saturated carbocycles. The van der Waals surface area contributed by atoms with E-state index in [9.17, 15) is 14.7 Å². The van der Waals surface area contributed by atoms with E-state index in [-0.39, 0.29) is 11.3 Å². The maximum absolute atomic E-state index is 12.5. The van der Waals surface area contributed by atoms with Gasteiger partial charge in [0.2, 0.25) is 11.6 Å². The number of carbonyl (C=O) groups excluding carboxylic acids is 2. The highest BCUT2D eigenvalue weighted by molar-refractivity contribution is 6.39. The van der Waals surface area contributed by atoms with Crippen LogP contribution in [0.4, 0.5) is 5.69 Å². The Balaban J connectivity index is 1.79. The average molecular weight is 343 g/mol. The van der Waals surface area contributed by atoms with Crippen molar-refractivity contribution >= 4 is 23.3 Å². The molecular formula is C22H17NO3. The summed E-state index contributed by atoms with van der Waals surface area (Å²) in [5.74, 6) is -1.15. The number of rotatable bonds is 2. The summed E-state index contributed by atoms with van der Waals surface area (Å²) in [4.78, 5) is 27.1. The van der Waals surface area contributed by atoms with E-state index in [2.05, 4.69) is 0 Å². The highest BCUT2D eigenvalue weighted by atomic mass is 16.3. The molecule has 128 valence electrons. The third-order valence-electron chi connectivity index (χ3n) is 4.70. The van der Waals surface area contributed by atoms with Crippen molar-refractivity contribution in [3.63, 3.8) is 0 Å². The van der Waals surface area contributed by atoms with Crippen molar-refractivity contribution in [2.45, 2.75) is 6.92 Å². The number of nitrogens with zero attached hydrogens (tertiary/aromatic N) is 1. The molecule has 4 heteroatoms. The summed E-state index contributed by atoms with van der Waals surface area (Å²) < 4.78 is 0. The van der Waals surface area contributed by atoms with E-state index >= 15 is 0 Å². The van der Waals surface area contributed by atoms with Gasteiger partial charge in [0.25, 0.3) is 0 Å². The zero-order valence-corrected chi connectivity index (χ0v) is 14.3. The lowest BCUT2D eigenvalue weighted by Gasteiger charge is -2.29. The molecule has 0 amide bonds. The zero-order chi connectivity index (χ0) is 18.3. The third-order valence-corrected chi connectivity index (χ3v) is 4.70. The van der Waals surface area contributed by atoms with Gasteiger partial charge in [0.05, 0.1) is 0 Å². The monoisotopic (exact) mass is 343 g/mol. The number of para-hydroxylation sites is 1. The fourth-order valence-corrected chi connectivity index (χ4v) is 3.45. The molecule has 4 rings (SSSR count). The molecule has 0 unspecified atom stereocenters. The van der Waals surface area contributed by atoms with Crippen molar-refractivity contribution in [1.82, 2.24) is 0 Å². The lowest BCUT2D eigenvalue weighted by atomic mass is 10.0. The second kappa shape index (κ2) is 6.15. The average Bonchev–Trinajstić information content (AvgIpc) is 2.92. The van der Waals surface area contributed by atoms with Crippen LogP contribution in [0, 0.1) is 0 Å². The Bertz CT molecular complexity index is 990. The molecule has 1 N–H and O–H groups in total. The Kier molecular flexibility index (Phi) is 3.81. The zero-order valence-electron chi connectivity index (χ0n) is 14.3. The van der Waals surface area contributed by atoms with Gasteiger partial charge in [0.15, 0.2) is 0 Å². The maximum Gasteiger partial charge on any atom is 0.201 e. The molecule has 1 heterocycles. The van der Waals surface area contributed by atoms with Crippen LogP contribution in [0.25, 0.3) is 6.08 Å². The van der Waals surface area contributed by atoms with Crippen LogP contribution in [-0.4, -0.2) is 23.2 Å². The molecule has 1 aliphatic carbocycles. The van der Waals surface area contributed by atoms with Gasteiger partial charge in [-0.05, 0) is 24.6 Å². The summed E-state index contributed by atoms with van der Waals surface area (Å²) in [6.07, 6.45) is 5.32. The number of aliphatic hydroxyl groups excluding tert-OH is 1.